The van der Waals surface area contributed by atoms with Gasteiger partial charge >= 0.3 is 0 Å². The number of amides is 1. The molecule has 1 aromatic carbocycles. The molecule has 2 aliphatic heterocycles. The lowest BCUT2D eigenvalue weighted by Gasteiger charge is -2.31. The van der Waals surface area contributed by atoms with Crippen LogP contribution in [0.1, 0.15) is 25.7 Å². The Hall–Kier alpha value is -1.51. The number of nitrogens with zero attached hydrogens (tertiary/aromatic N) is 1. The fraction of sp³-hybridized carbons (Fsp3) is 0.588. The van der Waals surface area contributed by atoms with Crippen LogP contribution in [-0.2, 0) is 14.8 Å². The Morgan fingerprint density at radius 3 is 2.68 bits per heavy atom. The summed E-state index contributed by atoms with van der Waals surface area (Å²) < 4.78 is 39.8. The number of hydrogen-bond acceptors (Lipinski definition) is 4. The van der Waals surface area contributed by atoms with Crippen LogP contribution in [0.3, 0.4) is 0 Å². The number of carbonyl (C=O) groups excluding carboxylic acids is 1. The summed E-state index contributed by atoms with van der Waals surface area (Å²) in [7, 11) is -3.70. The highest BCUT2D eigenvalue weighted by Crippen LogP contribution is 2.24. The Morgan fingerprint density at radius 1 is 1.24 bits per heavy atom. The van der Waals surface area contributed by atoms with E-state index in [4.69, 9.17) is 0 Å². The molecule has 0 aromatic heterocycles. The standard InChI is InChI=1S/C17H24FN3O3S/c18-14-5-7-16(8-6-14)25(23,24)21-10-2-3-13(12-21)17(22)20-11-15-4-1-9-19-15/h5-8,13,15,19H,1-4,9-12H2,(H,20,22). The van der Waals surface area contributed by atoms with Gasteiger partial charge in [0.05, 0.1) is 10.8 Å². The minimum Gasteiger partial charge on any atom is -0.354 e. The molecule has 138 valence electrons. The van der Waals surface area contributed by atoms with Gasteiger partial charge in [0.1, 0.15) is 5.82 Å². The second-order valence-corrected chi connectivity index (χ2v) is 8.63. The van der Waals surface area contributed by atoms with Crippen LogP contribution in [0, 0.1) is 11.7 Å². The molecule has 6 nitrogen and oxygen atoms in total. The molecule has 2 heterocycles. The van der Waals surface area contributed by atoms with Crippen molar-refractivity contribution in [1.29, 1.82) is 0 Å². The van der Waals surface area contributed by atoms with Crippen molar-refractivity contribution in [3.8, 4) is 0 Å². The van der Waals surface area contributed by atoms with Crippen LogP contribution in [0.2, 0.25) is 0 Å². The molecule has 0 radical (unpaired) electrons. The van der Waals surface area contributed by atoms with Crippen LogP contribution in [0.25, 0.3) is 0 Å². The van der Waals surface area contributed by atoms with Crippen LogP contribution in [-0.4, -0.2) is 50.9 Å². The molecule has 0 aliphatic carbocycles. The van der Waals surface area contributed by atoms with E-state index in [1.54, 1.807) is 0 Å². The number of rotatable bonds is 5. The fourth-order valence-corrected chi connectivity index (χ4v) is 4.95. The van der Waals surface area contributed by atoms with Crippen molar-refractivity contribution in [3.05, 3.63) is 30.1 Å². The molecule has 0 spiro atoms. The van der Waals surface area contributed by atoms with Crippen molar-refractivity contribution >= 4 is 15.9 Å². The van der Waals surface area contributed by atoms with Gasteiger partial charge in [0.25, 0.3) is 0 Å². The van der Waals surface area contributed by atoms with Gasteiger partial charge in [0, 0.05) is 25.7 Å². The quantitative estimate of drug-likeness (QED) is 0.815. The first-order chi connectivity index (χ1) is 12.0. The number of benzene rings is 1. The Labute approximate surface area is 147 Å². The summed E-state index contributed by atoms with van der Waals surface area (Å²) in [6.07, 6.45) is 3.49. The number of nitrogens with one attached hydrogen (secondary N) is 2. The predicted molar refractivity (Wildman–Crippen MR) is 91.9 cm³/mol. The molecule has 2 unspecified atom stereocenters. The molecule has 8 heteroatoms. The SMILES string of the molecule is O=C(NCC1CCCN1)C1CCCN(S(=O)(=O)c2ccc(F)cc2)C1. The Balaban J connectivity index is 1.61. The molecular weight excluding hydrogens is 345 g/mol. The molecule has 2 saturated heterocycles. The average Bonchev–Trinajstić information content (AvgIpc) is 3.14. The van der Waals surface area contributed by atoms with Crippen molar-refractivity contribution in [3.63, 3.8) is 0 Å². The largest absolute Gasteiger partial charge is 0.354 e. The van der Waals surface area contributed by atoms with E-state index in [1.165, 1.54) is 16.4 Å². The molecule has 0 saturated carbocycles. The second-order valence-electron chi connectivity index (χ2n) is 6.69. The van der Waals surface area contributed by atoms with Gasteiger partial charge in [0.2, 0.25) is 15.9 Å². The number of carbonyl (C=O) groups is 1. The lowest BCUT2D eigenvalue weighted by atomic mass is 9.98. The monoisotopic (exact) mass is 369 g/mol. The first-order valence-electron chi connectivity index (χ1n) is 8.73. The molecule has 1 amide bonds. The zero-order valence-electron chi connectivity index (χ0n) is 14.1. The van der Waals surface area contributed by atoms with Gasteiger partial charge in [-0.1, -0.05) is 0 Å². The zero-order valence-corrected chi connectivity index (χ0v) is 14.9. The number of sulfonamides is 1. The van der Waals surface area contributed by atoms with Gasteiger partial charge < -0.3 is 10.6 Å². The third-order valence-corrected chi connectivity index (χ3v) is 6.77. The van der Waals surface area contributed by atoms with Crippen molar-refractivity contribution in [2.45, 2.75) is 36.6 Å². The number of halogens is 1. The van der Waals surface area contributed by atoms with Gasteiger partial charge in [-0.2, -0.15) is 4.31 Å². The normalized spacial score (nSPS) is 25.0. The zero-order chi connectivity index (χ0) is 17.9. The molecule has 25 heavy (non-hydrogen) atoms. The highest BCUT2D eigenvalue weighted by atomic mass is 32.2. The smallest absolute Gasteiger partial charge is 0.243 e. The van der Waals surface area contributed by atoms with Gasteiger partial charge in [0.15, 0.2) is 0 Å². The fourth-order valence-electron chi connectivity index (χ4n) is 3.43. The van der Waals surface area contributed by atoms with Gasteiger partial charge in [-0.25, -0.2) is 12.8 Å². The van der Waals surface area contributed by atoms with Gasteiger partial charge in [-0.15, -0.1) is 0 Å². The first kappa shape index (κ1) is 18.3. The van der Waals surface area contributed by atoms with Crippen LogP contribution in [0.5, 0.6) is 0 Å². The molecule has 2 aliphatic rings. The van der Waals surface area contributed by atoms with Crippen LogP contribution >= 0.6 is 0 Å². The first-order valence-corrected chi connectivity index (χ1v) is 10.2. The summed E-state index contributed by atoms with van der Waals surface area (Å²) in [6.45, 7) is 2.12. The summed E-state index contributed by atoms with van der Waals surface area (Å²) in [6, 6.07) is 5.11. The minimum absolute atomic E-state index is 0.0603. The molecule has 3 rings (SSSR count). The predicted octanol–water partition coefficient (Wildman–Crippen LogP) is 1.09. The van der Waals surface area contributed by atoms with Gasteiger partial charge in [-0.3, -0.25) is 4.79 Å². The van der Waals surface area contributed by atoms with Crippen LogP contribution < -0.4 is 10.6 Å². The summed E-state index contributed by atoms with van der Waals surface area (Å²) >= 11 is 0. The van der Waals surface area contributed by atoms with E-state index in [-0.39, 0.29) is 23.3 Å². The van der Waals surface area contributed by atoms with Crippen molar-refractivity contribution < 1.29 is 17.6 Å². The van der Waals surface area contributed by atoms with E-state index in [1.807, 2.05) is 0 Å². The topological polar surface area (TPSA) is 78.5 Å². The summed E-state index contributed by atoms with van der Waals surface area (Å²) in [5, 5.41) is 6.26. The van der Waals surface area contributed by atoms with Gasteiger partial charge in [-0.05, 0) is 56.5 Å². The average molecular weight is 369 g/mol. The summed E-state index contributed by atoms with van der Waals surface area (Å²) in [5.41, 5.74) is 0. The third kappa shape index (κ3) is 4.37. The summed E-state index contributed by atoms with van der Waals surface area (Å²) in [4.78, 5) is 12.5. The van der Waals surface area contributed by atoms with Crippen LogP contribution in [0.15, 0.2) is 29.2 Å². The lowest BCUT2D eigenvalue weighted by Crippen LogP contribution is -2.47. The third-order valence-electron chi connectivity index (χ3n) is 4.89. The second kappa shape index (κ2) is 7.80. The maximum Gasteiger partial charge on any atom is 0.243 e. The van der Waals surface area contributed by atoms with E-state index >= 15 is 0 Å². The van der Waals surface area contributed by atoms with Crippen LogP contribution in [0.4, 0.5) is 4.39 Å². The van der Waals surface area contributed by atoms with E-state index in [2.05, 4.69) is 10.6 Å². The number of piperidine rings is 1. The molecule has 2 N–H and O–H groups in total. The van der Waals surface area contributed by atoms with Crippen molar-refractivity contribution in [1.82, 2.24) is 14.9 Å². The maximum absolute atomic E-state index is 13.0. The molecule has 0 bridgehead atoms. The Bertz CT molecular complexity index is 702. The maximum atomic E-state index is 13.0. The molecule has 1 aromatic rings. The number of hydrogen-bond donors (Lipinski definition) is 2. The molecule has 2 fully saturated rings. The van der Waals surface area contributed by atoms with Crippen molar-refractivity contribution in [2.75, 3.05) is 26.2 Å². The lowest BCUT2D eigenvalue weighted by molar-refractivity contribution is -0.126. The van der Waals surface area contributed by atoms with E-state index in [0.717, 1.165) is 31.5 Å². The summed E-state index contributed by atoms with van der Waals surface area (Å²) in [5.74, 6) is -0.909. The molecule has 2 atom stereocenters. The van der Waals surface area contributed by atoms with Crippen molar-refractivity contribution in [2.24, 2.45) is 5.92 Å². The van der Waals surface area contributed by atoms with E-state index in [0.29, 0.717) is 32.0 Å². The highest BCUT2D eigenvalue weighted by molar-refractivity contribution is 7.89. The van der Waals surface area contributed by atoms with E-state index in [9.17, 15) is 17.6 Å². The minimum atomic E-state index is -3.70. The Kier molecular flexibility index (Phi) is 5.71. The highest BCUT2D eigenvalue weighted by Gasteiger charge is 2.33. The Morgan fingerprint density at radius 2 is 2.00 bits per heavy atom. The van der Waals surface area contributed by atoms with E-state index < -0.39 is 15.8 Å². The molecular formula is C17H24FN3O3S.